The maximum absolute atomic E-state index is 5.74. The van der Waals surface area contributed by atoms with Crippen LogP contribution in [0.4, 0.5) is 0 Å². The second kappa shape index (κ2) is 7.63. The van der Waals surface area contributed by atoms with E-state index >= 15 is 0 Å². The molecular formula is C16H26N2O. The van der Waals surface area contributed by atoms with E-state index in [9.17, 15) is 0 Å². The minimum atomic E-state index is 0.353. The number of nitrogens with zero attached hydrogens (tertiary/aromatic N) is 1. The van der Waals surface area contributed by atoms with Crippen LogP contribution in [0.1, 0.15) is 24.8 Å². The summed E-state index contributed by atoms with van der Waals surface area (Å²) in [5.74, 6) is 0.631. The van der Waals surface area contributed by atoms with Crippen LogP contribution < -0.4 is 5.32 Å². The van der Waals surface area contributed by atoms with Gasteiger partial charge in [0.05, 0.1) is 12.7 Å². The Morgan fingerprint density at radius 1 is 1.37 bits per heavy atom. The molecule has 1 fully saturated rings. The van der Waals surface area contributed by atoms with E-state index in [1.54, 1.807) is 0 Å². The number of rotatable bonds is 6. The number of nitrogens with one attached hydrogen (secondary N) is 1. The molecule has 2 atom stereocenters. The van der Waals surface area contributed by atoms with Crippen LogP contribution in [0.3, 0.4) is 0 Å². The molecule has 1 aliphatic heterocycles. The van der Waals surface area contributed by atoms with E-state index < -0.39 is 0 Å². The standard InChI is InChI=1S/C16H26N2O/c1-14(15-6-4-3-5-7-15)8-9-18-10-11-19-16(13-18)12-17-2/h3-7,14,16-17H,8-13H2,1-2H3. The average molecular weight is 262 g/mol. The molecule has 3 nitrogen and oxygen atoms in total. The molecule has 0 aliphatic carbocycles. The maximum Gasteiger partial charge on any atom is 0.0826 e. The van der Waals surface area contributed by atoms with Crippen LogP contribution in [0.15, 0.2) is 30.3 Å². The minimum absolute atomic E-state index is 0.353. The Kier molecular flexibility index (Phi) is 5.83. The van der Waals surface area contributed by atoms with Crippen molar-refractivity contribution in [2.75, 3.05) is 39.8 Å². The van der Waals surface area contributed by atoms with Crippen LogP contribution in [0.2, 0.25) is 0 Å². The Labute approximate surface area is 116 Å². The first-order valence-electron chi connectivity index (χ1n) is 7.33. The van der Waals surface area contributed by atoms with Gasteiger partial charge in [-0.3, -0.25) is 4.90 Å². The Hall–Kier alpha value is -0.900. The zero-order valence-corrected chi connectivity index (χ0v) is 12.1. The highest BCUT2D eigenvalue weighted by atomic mass is 16.5. The third-order valence-corrected chi connectivity index (χ3v) is 3.90. The molecule has 19 heavy (non-hydrogen) atoms. The van der Waals surface area contributed by atoms with Crippen molar-refractivity contribution < 1.29 is 4.74 Å². The highest BCUT2D eigenvalue weighted by Gasteiger charge is 2.20. The molecule has 0 saturated carbocycles. The van der Waals surface area contributed by atoms with Crippen molar-refractivity contribution in [3.8, 4) is 0 Å². The van der Waals surface area contributed by atoms with Gasteiger partial charge >= 0.3 is 0 Å². The van der Waals surface area contributed by atoms with Crippen molar-refractivity contribution in [1.82, 2.24) is 10.2 Å². The molecule has 106 valence electrons. The second-order valence-corrected chi connectivity index (χ2v) is 5.45. The van der Waals surface area contributed by atoms with Gasteiger partial charge in [0, 0.05) is 19.6 Å². The predicted molar refractivity (Wildman–Crippen MR) is 79.6 cm³/mol. The summed E-state index contributed by atoms with van der Waals surface area (Å²) in [7, 11) is 1.99. The van der Waals surface area contributed by atoms with Gasteiger partial charge in [0.25, 0.3) is 0 Å². The topological polar surface area (TPSA) is 24.5 Å². The summed E-state index contributed by atoms with van der Waals surface area (Å²) in [6.45, 7) is 7.43. The summed E-state index contributed by atoms with van der Waals surface area (Å²) < 4.78 is 5.74. The fourth-order valence-electron chi connectivity index (χ4n) is 2.66. The number of likely N-dealkylation sites (N-methyl/N-ethyl adjacent to an activating group) is 1. The highest BCUT2D eigenvalue weighted by Crippen LogP contribution is 2.19. The van der Waals surface area contributed by atoms with Crippen molar-refractivity contribution in [2.24, 2.45) is 0 Å². The van der Waals surface area contributed by atoms with Gasteiger partial charge in [-0.15, -0.1) is 0 Å². The number of hydrogen-bond donors (Lipinski definition) is 1. The summed E-state index contributed by atoms with van der Waals surface area (Å²) in [4.78, 5) is 2.53. The number of ether oxygens (including phenoxy) is 1. The summed E-state index contributed by atoms with van der Waals surface area (Å²) in [6.07, 6.45) is 1.57. The largest absolute Gasteiger partial charge is 0.374 e. The van der Waals surface area contributed by atoms with E-state index in [0.717, 1.165) is 26.2 Å². The lowest BCUT2D eigenvalue weighted by Crippen LogP contribution is -2.46. The van der Waals surface area contributed by atoms with E-state index in [-0.39, 0.29) is 0 Å². The Morgan fingerprint density at radius 2 is 2.16 bits per heavy atom. The number of hydrogen-bond acceptors (Lipinski definition) is 3. The van der Waals surface area contributed by atoms with Crippen LogP contribution in [-0.4, -0.2) is 50.8 Å². The van der Waals surface area contributed by atoms with Gasteiger partial charge in [0.15, 0.2) is 0 Å². The molecule has 1 aromatic rings. The monoisotopic (exact) mass is 262 g/mol. The molecule has 1 heterocycles. The highest BCUT2D eigenvalue weighted by molar-refractivity contribution is 5.18. The number of morpholine rings is 1. The third-order valence-electron chi connectivity index (χ3n) is 3.90. The third kappa shape index (κ3) is 4.60. The summed E-state index contributed by atoms with van der Waals surface area (Å²) in [5.41, 5.74) is 1.45. The van der Waals surface area contributed by atoms with Crippen molar-refractivity contribution in [2.45, 2.75) is 25.4 Å². The summed E-state index contributed by atoms with van der Waals surface area (Å²) in [6, 6.07) is 10.8. The van der Waals surface area contributed by atoms with Crippen LogP contribution in [0, 0.1) is 0 Å². The molecule has 2 rings (SSSR count). The first kappa shape index (κ1) is 14.5. The molecule has 0 bridgehead atoms. The van der Waals surface area contributed by atoms with Crippen LogP contribution in [0.5, 0.6) is 0 Å². The Balaban J connectivity index is 1.75. The Morgan fingerprint density at radius 3 is 2.89 bits per heavy atom. The molecule has 0 spiro atoms. The molecule has 1 saturated heterocycles. The van der Waals surface area contributed by atoms with Crippen molar-refractivity contribution in [3.63, 3.8) is 0 Å². The van der Waals surface area contributed by atoms with Gasteiger partial charge in [-0.25, -0.2) is 0 Å². The zero-order valence-electron chi connectivity index (χ0n) is 12.1. The molecule has 1 N–H and O–H groups in total. The van der Waals surface area contributed by atoms with Crippen LogP contribution in [0.25, 0.3) is 0 Å². The maximum atomic E-state index is 5.74. The van der Waals surface area contributed by atoms with Crippen molar-refractivity contribution in [3.05, 3.63) is 35.9 Å². The van der Waals surface area contributed by atoms with Gasteiger partial charge in [0.2, 0.25) is 0 Å². The van der Waals surface area contributed by atoms with E-state index in [4.69, 9.17) is 4.74 Å². The van der Waals surface area contributed by atoms with Crippen molar-refractivity contribution in [1.29, 1.82) is 0 Å². The fourth-order valence-corrected chi connectivity index (χ4v) is 2.66. The van der Waals surface area contributed by atoms with E-state index in [1.165, 1.54) is 18.5 Å². The van der Waals surface area contributed by atoms with Gasteiger partial charge < -0.3 is 10.1 Å². The molecule has 3 heteroatoms. The fraction of sp³-hybridized carbons (Fsp3) is 0.625. The number of benzene rings is 1. The van der Waals surface area contributed by atoms with Crippen molar-refractivity contribution >= 4 is 0 Å². The SMILES string of the molecule is CNCC1CN(CCC(C)c2ccccc2)CCO1. The molecule has 0 radical (unpaired) electrons. The van der Waals surface area contributed by atoms with E-state index in [1.807, 2.05) is 7.05 Å². The summed E-state index contributed by atoms with van der Waals surface area (Å²) in [5, 5.41) is 3.20. The lowest BCUT2D eigenvalue weighted by atomic mass is 9.97. The van der Waals surface area contributed by atoms with Gasteiger partial charge in [0.1, 0.15) is 0 Å². The quantitative estimate of drug-likeness (QED) is 0.849. The van der Waals surface area contributed by atoms with Gasteiger partial charge in [-0.2, -0.15) is 0 Å². The predicted octanol–water partition coefficient (Wildman–Crippen LogP) is 2.10. The zero-order chi connectivity index (χ0) is 13.5. The normalized spacial score (nSPS) is 22.3. The van der Waals surface area contributed by atoms with E-state index in [2.05, 4.69) is 47.5 Å². The lowest BCUT2D eigenvalue weighted by molar-refractivity contribution is -0.0268. The molecule has 0 aromatic heterocycles. The lowest BCUT2D eigenvalue weighted by Gasteiger charge is -2.33. The smallest absolute Gasteiger partial charge is 0.0826 e. The Bertz CT molecular complexity index is 353. The molecule has 1 aromatic carbocycles. The van der Waals surface area contributed by atoms with E-state index in [0.29, 0.717) is 12.0 Å². The van der Waals surface area contributed by atoms with Gasteiger partial charge in [-0.1, -0.05) is 37.3 Å². The minimum Gasteiger partial charge on any atom is -0.374 e. The van der Waals surface area contributed by atoms with Gasteiger partial charge in [-0.05, 0) is 31.5 Å². The first-order valence-corrected chi connectivity index (χ1v) is 7.33. The molecular weight excluding hydrogens is 236 g/mol. The first-order chi connectivity index (χ1) is 9.29. The molecule has 0 amide bonds. The average Bonchev–Trinajstić information content (AvgIpc) is 2.46. The molecule has 2 unspecified atom stereocenters. The van der Waals surface area contributed by atoms with Crippen LogP contribution in [-0.2, 0) is 4.74 Å². The second-order valence-electron chi connectivity index (χ2n) is 5.45. The summed E-state index contributed by atoms with van der Waals surface area (Å²) >= 11 is 0. The van der Waals surface area contributed by atoms with Crippen LogP contribution >= 0.6 is 0 Å². The molecule has 1 aliphatic rings.